The lowest BCUT2D eigenvalue weighted by atomic mass is 10.1. The van der Waals surface area contributed by atoms with E-state index in [1.165, 1.54) is 17.6 Å². The molecule has 0 spiro atoms. The van der Waals surface area contributed by atoms with E-state index in [2.05, 4.69) is 15.0 Å². The molecule has 0 saturated carbocycles. The van der Waals surface area contributed by atoms with Crippen LogP contribution in [-0.4, -0.2) is 64.2 Å². The van der Waals surface area contributed by atoms with Crippen LogP contribution in [-0.2, 0) is 9.84 Å². The Morgan fingerprint density at radius 2 is 1.79 bits per heavy atom. The molecule has 1 saturated heterocycles. The second kappa shape index (κ2) is 10.2. The van der Waals surface area contributed by atoms with E-state index in [1.807, 2.05) is 39.8 Å². The summed E-state index contributed by atoms with van der Waals surface area (Å²) in [4.78, 5) is 30.2. The van der Waals surface area contributed by atoms with Gasteiger partial charge in [0.15, 0.2) is 9.84 Å². The van der Waals surface area contributed by atoms with Gasteiger partial charge in [0, 0.05) is 50.3 Å². The van der Waals surface area contributed by atoms with Crippen molar-refractivity contribution in [2.24, 2.45) is 0 Å². The van der Waals surface area contributed by atoms with Crippen LogP contribution in [0.15, 0.2) is 84.4 Å². The quantitative estimate of drug-likeness (QED) is 0.300. The molecule has 9 nitrogen and oxygen atoms in total. The molecule has 39 heavy (non-hydrogen) atoms. The topological polar surface area (TPSA) is 107 Å². The molecule has 0 atom stereocenters. The zero-order valence-electron chi connectivity index (χ0n) is 21.1. The van der Waals surface area contributed by atoms with Crippen LogP contribution in [0, 0.1) is 0 Å². The van der Waals surface area contributed by atoms with Gasteiger partial charge in [0.25, 0.3) is 5.91 Å². The van der Waals surface area contributed by atoms with Crippen molar-refractivity contribution in [1.29, 1.82) is 0 Å². The van der Waals surface area contributed by atoms with Crippen molar-refractivity contribution in [3.8, 4) is 33.4 Å². The third-order valence-corrected chi connectivity index (χ3v) is 8.97. The normalized spacial score (nSPS) is 14.5. The number of aromatic nitrogens is 4. The number of amides is 1. The Labute approximate surface area is 230 Å². The molecule has 5 heterocycles. The summed E-state index contributed by atoms with van der Waals surface area (Å²) < 4.78 is 31.7. The Morgan fingerprint density at radius 3 is 2.51 bits per heavy atom. The molecule has 0 radical (unpaired) electrons. The monoisotopic (exact) mass is 559 g/mol. The smallest absolute Gasteiger partial charge is 0.263 e. The van der Waals surface area contributed by atoms with E-state index >= 15 is 0 Å². The van der Waals surface area contributed by atoms with Gasteiger partial charge in [-0.05, 0) is 48.5 Å². The maximum Gasteiger partial charge on any atom is 0.263 e. The van der Waals surface area contributed by atoms with Crippen LogP contribution in [0.2, 0.25) is 0 Å². The minimum Gasteiger partial charge on any atom is -0.474 e. The van der Waals surface area contributed by atoms with Crippen molar-refractivity contribution >= 4 is 27.1 Å². The number of carbonyl (C=O) groups excluding carboxylic acids is 1. The van der Waals surface area contributed by atoms with E-state index in [0.29, 0.717) is 36.7 Å². The van der Waals surface area contributed by atoms with Crippen LogP contribution >= 0.6 is 11.3 Å². The Hall–Kier alpha value is -4.09. The average molecular weight is 560 g/mol. The predicted molar refractivity (Wildman–Crippen MR) is 148 cm³/mol. The fraction of sp³-hybridized carbons (Fsp3) is 0.214. The standard InChI is InChI=1S/C28H25N5O4S2/c1-39(35,36)21-7-5-19(6-8-21)33-18-31-27(22-16-29-17-24(22)33)37-20-11-14-32(15-12-20)28(34)26-10-9-25(38-26)23-4-2-3-13-30-23/h2-10,13,16-18,20H,11-12,14-15H2,1H3. The van der Waals surface area contributed by atoms with Crippen molar-refractivity contribution in [2.75, 3.05) is 19.3 Å². The number of rotatable bonds is 6. The van der Waals surface area contributed by atoms with Gasteiger partial charge in [0.05, 0.1) is 37.8 Å². The number of hydrogen-bond acceptors (Lipinski definition) is 8. The summed E-state index contributed by atoms with van der Waals surface area (Å²) in [5.74, 6) is 0.526. The minimum absolute atomic E-state index is 0.0315. The van der Waals surface area contributed by atoms with Crippen LogP contribution in [0.25, 0.3) is 27.5 Å². The summed E-state index contributed by atoms with van der Waals surface area (Å²) in [6.07, 6.45) is 9.36. The first-order valence-electron chi connectivity index (χ1n) is 12.5. The lowest BCUT2D eigenvalue weighted by Crippen LogP contribution is -2.41. The lowest BCUT2D eigenvalue weighted by molar-refractivity contribution is 0.0593. The van der Waals surface area contributed by atoms with Gasteiger partial charge in [0.1, 0.15) is 12.4 Å². The number of sulfone groups is 1. The number of thiophene rings is 1. The molecule has 2 aromatic heterocycles. The number of pyridine rings is 1. The van der Waals surface area contributed by atoms with E-state index in [4.69, 9.17) is 4.74 Å². The molecule has 0 bridgehead atoms. The lowest BCUT2D eigenvalue weighted by Gasteiger charge is -2.32. The van der Waals surface area contributed by atoms with Gasteiger partial charge in [-0.2, -0.15) is 0 Å². The maximum atomic E-state index is 13.1. The average Bonchev–Trinajstić information content (AvgIpc) is 3.65. The highest BCUT2D eigenvalue weighted by molar-refractivity contribution is 7.90. The Morgan fingerprint density at radius 1 is 1.00 bits per heavy atom. The molecule has 0 unspecified atom stereocenters. The van der Waals surface area contributed by atoms with Crippen molar-refractivity contribution in [3.05, 3.63) is 84.4 Å². The van der Waals surface area contributed by atoms with Crippen LogP contribution in [0.3, 0.4) is 0 Å². The van der Waals surface area contributed by atoms with Gasteiger partial charge >= 0.3 is 0 Å². The summed E-state index contributed by atoms with van der Waals surface area (Å²) in [6.45, 7) is 1.20. The first-order valence-corrected chi connectivity index (χ1v) is 15.2. The fourth-order valence-electron chi connectivity index (χ4n) is 4.66. The van der Waals surface area contributed by atoms with Crippen molar-refractivity contribution in [1.82, 2.24) is 24.4 Å². The van der Waals surface area contributed by atoms with Gasteiger partial charge in [0.2, 0.25) is 5.88 Å². The number of carbonyl (C=O) groups is 1. The third kappa shape index (κ3) is 5.15. The number of nitrogens with zero attached hydrogens (tertiary/aromatic N) is 5. The molecule has 1 fully saturated rings. The SMILES string of the molecule is CS(=O)(=O)c1ccc(-n2cnc(OC3CCN(C(=O)c4ccc(-c5ccccn5)s4)CC3)c3cncc2-3)cc1. The number of likely N-dealkylation sites (tertiary alicyclic amines) is 1. The van der Waals surface area contributed by atoms with E-state index in [0.717, 1.165) is 27.5 Å². The predicted octanol–water partition coefficient (Wildman–Crippen LogP) is 4.58. The number of fused-ring (bicyclic) bond motifs is 1. The van der Waals surface area contributed by atoms with Crippen molar-refractivity contribution < 1.29 is 17.9 Å². The molecule has 11 heteroatoms. The molecule has 198 valence electrons. The summed E-state index contributed by atoms with van der Waals surface area (Å²) in [5, 5.41) is 0. The second-order valence-electron chi connectivity index (χ2n) is 9.38. The molecule has 0 aliphatic carbocycles. The molecule has 6 rings (SSSR count). The van der Waals surface area contributed by atoms with E-state index in [1.54, 1.807) is 49.2 Å². The van der Waals surface area contributed by atoms with Crippen LogP contribution in [0.4, 0.5) is 0 Å². The molecule has 3 aliphatic heterocycles. The Balaban J connectivity index is 1.12. The van der Waals surface area contributed by atoms with Gasteiger partial charge in [-0.1, -0.05) is 6.07 Å². The Kier molecular flexibility index (Phi) is 6.61. The second-order valence-corrected chi connectivity index (χ2v) is 12.5. The van der Waals surface area contributed by atoms with Gasteiger partial charge in [-0.25, -0.2) is 13.4 Å². The molecular formula is C28H25N5O4S2. The third-order valence-electron chi connectivity index (χ3n) is 6.74. The van der Waals surface area contributed by atoms with E-state index < -0.39 is 9.84 Å². The van der Waals surface area contributed by atoms with Crippen LogP contribution in [0.5, 0.6) is 5.88 Å². The fourth-order valence-corrected chi connectivity index (χ4v) is 6.24. The number of benzene rings is 1. The summed E-state index contributed by atoms with van der Waals surface area (Å²) >= 11 is 1.46. The van der Waals surface area contributed by atoms with E-state index in [9.17, 15) is 13.2 Å². The number of hydrogen-bond donors (Lipinski definition) is 0. The first kappa shape index (κ1) is 25.2. The highest BCUT2D eigenvalue weighted by Gasteiger charge is 2.27. The maximum absolute atomic E-state index is 13.1. The first-order chi connectivity index (χ1) is 18.9. The zero-order valence-corrected chi connectivity index (χ0v) is 22.7. The van der Waals surface area contributed by atoms with Crippen molar-refractivity contribution in [2.45, 2.75) is 23.8 Å². The molecule has 0 N–H and O–H groups in total. The van der Waals surface area contributed by atoms with E-state index in [-0.39, 0.29) is 16.9 Å². The highest BCUT2D eigenvalue weighted by Crippen LogP contribution is 2.34. The van der Waals surface area contributed by atoms with Crippen LogP contribution < -0.4 is 4.74 Å². The van der Waals surface area contributed by atoms with Gasteiger partial charge in [-0.3, -0.25) is 19.3 Å². The zero-order chi connectivity index (χ0) is 27.0. The summed E-state index contributed by atoms with van der Waals surface area (Å²) in [7, 11) is -3.28. The Bertz CT molecular complexity index is 1690. The molecular weight excluding hydrogens is 534 g/mol. The minimum atomic E-state index is -3.28. The largest absolute Gasteiger partial charge is 0.474 e. The van der Waals surface area contributed by atoms with Crippen molar-refractivity contribution in [3.63, 3.8) is 0 Å². The molecule has 3 aliphatic rings. The molecule has 1 aromatic carbocycles. The van der Waals surface area contributed by atoms with Crippen LogP contribution in [0.1, 0.15) is 22.5 Å². The number of piperidine rings is 1. The summed E-state index contributed by atoms with van der Waals surface area (Å²) in [6, 6.07) is 16.2. The number of ether oxygens (including phenoxy) is 1. The summed E-state index contributed by atoms with van der Waals surface area (Å²) in [5.41, 5.74) is 3.21. The molecule has 1 amide bonds. The van der Waals surface area contributed by atoms with Gasteiger partial charge < -0.3 is 9.64 Å². The molecule has 3 aromatic rings. The van der Waals surface area contributed by atoms with Gasteiger partial charge in [-0.15, -0.1) is 11.3 Å². The highest BCUT2D eigenvalue weighted by atomic mass is 32.2.